The number of carbonyl (C=O) groups is 1. The average Bonchev–Trinajstić information content (AvgIpc) is 2.83. The van der Waals surface area contributed by atoms with E-state index < -0.39 is 0 Å². The molecule has 0 radical (unpaired) electrons. The molecule has 0 aliphatic carbocycles. The molecule has 0 aliphatic rings. The molecule has 2 aromatic rings. The summed E-state index contributed by atoms with van der Waals surface area (Å²) in [5.41, 5.74) is 0.434. The van der Waals surface area contributed by atoms with Gasteiger partial charge in [-0.15, -0.1) is 10.2 Å². The van der Waals surface area contributed by atoms with Gasteiger partial charge < -0.3 is 9.47 Å². The summed E-state index contributed by atoms with van der Waals surface area (Å²) in [7, 11) is 3.06. The lowest BCUT2D eigenvalue weighted by molar-refractivity contribution is 0.102. The molecule has 0 atom stereocenters. The van der Waals surface area contributed by atoms with Gasteiger partial charge in [-0.25, -0.2) is 0 Å². The molecule has 6 nitrogen and oxygen atoms in total. The van der Waals surface area contributed by atoms with Crippen LogP contribution in [-0.2, 0) is 0 Å². The molecule has 1 N–H and O–H groups in total. The van der Waals surface area contributed by atoms with E-state index >= 15 is 0 Å². The van der Waals surface area contributed by atoms with Crippen molar-refractivity contribution in [2.45, 2.75) is 6.92 Å². The highest BCUT2D eigenvalue weighted by atomic mass is 32.1. The van der Waals surface area contributed by atoms with Crippen LogP contribution in [0, 0.1) is 6.92 Å². The van der Waals surface area contributed by atoms with Crippen molar-refractivity contribution in [1.82, 2.24) is 10.2 Å². The molecule has 0 saturated carbocycles. The third-order valence-corrected chi connectivity index (χ3v) is 3.11. The standard InChI is InChI=1S/C12H13N3O3S/c1-7-14-15-12(19-7)13-11(16)8-4-9(17-2)6-10(5-8)18-3/h4-6H,1-3H3,(H,13,15,16). The first-order valence-electron chi connectivity index (χ1n) is 5.47. The second kappa shape index (κ2) is 5.66. The largest absolute Gasteiger partial charge is 0.497 e. The van der Waals surface area contributed by atoms with E-state index in [1.165, 1.54) is 25.6 Å². The maximum absolute atomic E-state index is 12.1. The zero-order valence-corrected chi connectivity index (χ0v) is 11.6. The number of hydrogen-bond acceptors (Lipinski definition) is 6. The number of anilines is 1. The maximum atomic E-state index is 12.1. The number of aryl methyl sites for hydroxylation is 1. The summed E-state index contributed by atoms with van der Waals surface area (Å²) in [4.78, 5) is 12.1. The third kappa shape index (κ3) is 3.19. The van der Waals surface area contributed by atoms with E-state index in [9.17, 15) is 4.79 Å². The monoisotopic (exact) mass is 279 g/mol. The van der Waals surface area contributed by atoms with Crippen LogP contribution in [0.15, 0.2) is 18.2 Å². The number of hydrogen-bond donors (Lipinski definition) is 1. The van der Waals surface area contributed by atoms with E-state index in [1.54, 1.807) is 18.2 Å². The second-order valence-corrected chi connectivity index (χ2v) is 4.86. The van der Waals surface area contributed by atoms with E-state index in [4.69, 9.17) is 9.47 Å². The molecule has 1 heterocycles. The molecule has 19 heavy (non-hydrogen) atoms. The van der Waals surface area contributed by atoms with Crippen molar-refractivity contribution in [2.24, 2.45) is 0 Å². The van der Waals surface area contributed by atoms with Crippen molar-refractivity contribution in [3.05, 3.63) is 28.8 Å². The van der Waals surface area contributed by atoms with Crippen LogP contribution in [0.4, 0.5) is 5.13 Å². The predicted molar refractivity (Wildman–Crippen MR) is 72.1 cm³/mol. The number of benzene rings is 1. The summed E-state index contributed by atoms with van der Waals surface area (Å²) in [6.07, 6.45) is 0. The number of nitrogens with one attached hydrogen (secondary N) is 1. The van der Waals surface area contributed by atoms with Crippen molar-refractivity contribution < 1.29 is 14.3 Å². The smallest absolute Gasteiger partial charge is 0.257 e. The summed E-state index contributed by atoms with van der Waals surface area (Å²) in [6.45, 7) is 1.82. The molecule has 1 aromatic carbocycles. The summed E-state index contributed by atoms with van der Waals surface area (Å²) in [6, 6.07) is 4.96. The Morgan fingerprint density at radius 1 is 1.16 bits per heavy atom. The molecule has 0 saturated heterocycles. The third-order valence-electron chi connectivity index (χ3n) is 2.36. The minimum Gasteiger partial charge on any atom is -0.497 e. The van der Waals surface area contributed by atoms with Crippen molar-refractivity contribution in [2.75, 3.05) is 19.5 Å². The van der Waals surface area contributed by atoms with Crippen LogP contribution in [0.2, 0.25) is 0 Å². The quantitative estimate of drug-likeness (QED) is 0.928. The first-order valence-corrected chi connectivity index (χ1v) is 6.28. The number of amides is 1. The minimum atomic E-state index is -0.284. The average molecular weight is 279 g/mol. The van der Waals surface area contributed by atoms with Crippen molar-refractivity contribution in [3.8, 4) is 11.5 Å². The van der Waals surface area contributed by atoms with Crippen molar-refractivity contribution in [1.29, 1.82) is 0 Å². The van der Waals surface area contributed by atoms with Crippen LogP contribution < -0.4 is 14.8 Å². The summed E-state index contributed by atoms with van der Waals surface area (Å²) in [5.74, 6) is 0.823. The highest BCUT2D eigenvalue weighted by molar-refractivity contribution is 7.15. The molecule has 0 fully saturated rings. The lowest BCUT2D eigenvalue weighted by Gasteiger charge is -2.07. The zero-order chi connectivity index (χ0) is 13.8. The van der Waals surface area contributed by atoms with Crippen LogP contribution in [0.3, 0.4) is 0 Å². The Hall–Kier alpha value is -2.15. The lowest BCUT2D eigenvalue weighted by Crippen LogP contribution is -2.12. The fourth-order valence-electron chi connectivity index (χ4n) is 1.45. The predicted octanol–water partition coefficient (Wildman–Crippen LogP) is 2.12. The topological polar surface area (TPSA) is 73.3 Å². The fourth-order valence-corrected chi connectivity index (χ4v) is 2.04. The number of ether oxygens (including phenoxy) is 2. The van der Waals surface area contributed by atoms with Gasteiger partial charge in [0.25, 0.3) is 5.91 Å². The van der Waals surface area contributed by atoms with Gasteiger partial charge in [-0.05, 0) is 19.1 Å². The molecular formula is C12H13N3O3S. The van der Waals surface area contributed by atoms with Crippen LogP contribution in [-0.4, -0.2) is 30.3 Å². The summed E-state index contributed by atoms with van der Waals surface area (Å²) >= 11 is 1.31. The number of nitrogens with zero attached hydrogens (tertiary/aromatic N) is 2. The van der Waals surface area contributed by atoms with Gasteiger partial charge in [-0.3, -0.25) is 10.1 Å². The first kappa shape index (κ1) is 13.3. The Kier molecular flexibility index (Phi) is 3.96. The molecular weight excluding hydrogens is 266 g/mol. The molecule has 0 bridgehead atoms. The van der Waals surface area contributed by atoms with Gasteiger partial charge in [0.2, 0.25) is 5.13 Å². The fraction of sp³-hybridized carbons (Fsp3) is 0.250. The molecule has 1 amide bonds. The van der Waals surface area contributed by atoms with Gasteiger partial charge in [0.05, 0.1) is 14.2 Å². The first-order chi connectivity index (χ1) is 9.12. The SMILES string of the molecule is COc1cc(OC)cc(C(=O)Nc2nnc(C)s2)c1. The van der Waals surface area contributed by atoms with Gasteiger partial charge in [0.1, 0.15) is 16.5 Å². The van der Waals surface area contributed by atoms with E-state index in [-0.39, 0.29) is 5.91 Å². The van der Waals surface area contributed by atoms with Gasteiger partial charge in [-0.1, -0.05) is 11.3 Å². The van der Waals surface area contributed by atoms with Gasteiger partial charge in [0, 0.05) is 11.6 Å². The highest BCUT2D eigenvalue weighted by Gasteiger charge is 2.12. The maximum Gasteiger partial charge on any atom is 0.257 e. The Bertz CT molecular complexity index is 575. The molecule has 1 aromatic heterocycles. The second-order valence-electron chi connectivity index (χ2n) is 3.68. The van der Waals surface area contributed by atoms with Crippen LogP contribution in [0.5, 0.6) is 11.5 Å². The number of aromatic nitrogens is 2. The van der Waals surface area contributed by atoms with Gasteiger partial charge in [-0.2, -0.15) is 0 Å². The molecule has 0 spiro atoms. The van der Waals surface area contributed by atoms with E-state index in [1.807, 2.05) is 6.92 Å². The number of rotatable bonds is 4. The highest BCUT2D eigenvalue weighted by Crippen LogP contribution is 2.23. The number of methoxy groups -OCH3 is 2. The Balaban J connectivity index is 2.22. The number of carbonyl (C=O) groups excluding carboxylic acids is 1. The van der Waals surface area contributed by atoms with Crippen LogP contribution >= 0.6 is 11.3 Å². The van der Waals surface area contributed by atoms with Crippen LogP contribution in [0.1, 0.15) is 15.4 Å². The van der Waals surface area contributed by atoms with Crippen LogP contribution in [0.25, 0.3) is 0 Å². The van der Waals surface area contributed by atoms with Crippen molar-refractivity contribution in [3.63, 3.8) is 0 Å². The zero-order valence-electron chi connectivity index (χ0n) is 10.8. The normalized spacial score (nSPS) is 10.1. The Morgan fingerprint density at radius 2 is 1.79 bits per heavy atom. The lowest BCUT2D eigenvalue weighted by atomic mass is 10.2. The molecule has 2 rings (SSSR count). The van der Waals surface area contributed by atoms with E-state index in [0.717, 1.165) is 5.01 Å². The minimum absolute atomic E-state index is 0.284. The Labute approximate surface area is 114 Å². The Morgan fingerprint density at radius 3 is 2.26 bits per heavy atom. The van der Waals surface area contributed by atoms with E-state index in [2.05, 4.69) is 15.5 Å². The van der Waals surface area contributed by atoms with Crippen molar-refractivity contribution >= 4 is 22.4 Å². The van der Waals surface area contributed by atoms with Gasteiger partial charge in [0.15, 0.2) is 0 Å². The summed E-state index contributed by atoms with van der Waals surface area (Å²) < 4.78 is 10.2. The van der Waals surface area contributed by atoms with Gasteiger partial charge >= 0.3 is 0 Å². The molecule has 0 aliphatic heterocycles. The molecule has 100 valence electrons. The molecule has 0 unspecified atom stereocenters. The summed E-state index contributed by atoms with van der Waals surface area (Å²) in [5, 5.41) is 11.6. The molecule has 7 heteroatoms. The van der Waals surface area contributed by atoms with E-state index in [0.29, 0.717) is 22.2 Å².